The molecule has 0 amide bonds. The zero-order valence-electron chi connectivity index (χ0n) is 8.76. The fourth-order valence-corrected chi connectivity index (χ4v) is 0.749. The first-order chi connectivity index (χ1) is 6.68. The van der Waals surface area contributed by atoms with Gasteiger partial charge in [-0.2, -0.15) is 0 Å². The van der Waals surface area contributed by atoms with E-state index in [1.54, 1.807) is 19.1 Å². The third-order valence-corrected chi connectivity index (χ3v) is 1.44. The SMILES string of the molecule is CC(O)Oc1ccccc1.N.OC1CN1. The van der Waals surface area contributed by atoms with E-state index >= 15 is 0 Å². The number of β-amino-alcohol motifs (C(OH)–C–C–N with tert-alkyl or cyclic N) is 1. The van der Waals surface area contributed by atoms with Crippen LogP contribution in [0.15, 0.2) is 30.3 Å². The minimum absolute atomic E-state index is 0. The molecule has 1 aromatic carbocycles. The van der Waals surface area contributed by atoms with Gasteiger partial charge < -0.3 is 21.1 Å². The predicted molar refractivity (Wildman–Crippen MR) is 57.8 cm³/mol. The minimum atomic E-state index is -0.734. The Morgan fingerprint density at radius 2 is 1.87 bits per heavy atom. The fraction of sp³-hybridized carbons (Fsp3) is 0.400. The van der Waals surface area contributed by atoms with E-state index < -0.39 is 6.29 Å². The summed E-state index contributed by atoms with van der Waals surface area (Å²) in [6, 6.07) is 9.21. The van der Waals surface area contributed by atoms with Crippen molar-refractivity contribution >= 4 is 0 Å². The van der Waals surface area contributed by atoms with E-state index in [0.29, 0.717) is 5.75 Å². The van der Waals surface area contributed by atoms with Gasteiger partial charge in [0.25, 0.3) is 0 Å². The van der Waals surface area contributed by atoms with Gasteiger partial charge in [0.2, 0.25) is 0 Å². The lowest BCUT2D eigenvalue weighted by Crippen LogP contribution is -2.08. The Morgan fingerprint density at radius 3 is 2.20 bits per heavy atom. The number of ether oxygens (including phenoxy) is 1. The van der Waals surface area contributed by atoms with Crippen molar-refractivity contribution in [2.45, 2.75) is 19.4 Å². The number of benzene rings is 1. The lowest BCUT2D eigenvalue weighted by Gasteiger charge is -2.06. The van der Waals surface area contributed by atoms with E-state index in [-0.39, 0.29) is 12.4 Å². The molecule has 0 spiro atoms. The monoisotopic (exact) mass is 214 g/mol. The average Bonchev–Trinajstić information content (AvgIpc) is 2.89. The second-order valence-electron chi connectivity index (χ2n) is 2.95. The van der Waals surface area contributed by atoms with Crippen molar-refractivity contribution in [3.8, 4) is 5.75 Å². The molecule has 0 bridgehead atoms. The third-order valence-electron chi connectivity index (χ3n) is 1.44. The number of hydrogen-bond acceptors (Lipinski definition) is 5. The quantitative estimate of drug-likeness (QED) is 0.423. The summed E-state index contributed by atoms with van der Waals surface area (Å²) in [6.45, 7) is 2.37. The number of nitrogens with one attached hydrogen (secondary N) is 1. The Labute approximate surface area is 89.3 Å². The van der Waals surface area contributed by atoms with Crippen LogP contribution in [0, 0.1) is 0 Å². The summed E-state index contributed by atoms with van der Waals surface area (Å²) in [7, 11) is 0. The summed E-state index contributed by atoms with van der Waals surface area (Å²) in [4.78, 5) is 0. The molecule has 1 heterocycles. The van der Waals surface area contributed by atoms with Gasteiger partial charge in [-0.05, 0) is 19.1 Å². The highest BCUT2D eigenvalue weighted by atomic mass is 16.6. The lowest BCUT2D eigenvalue weighted by molar-refractivity contribution is -0.000288. The van der Waals surface area contributed by atoms with Gasteiger partial charge in [0.1, 0.15) is 12.0 Å². The largest absolute Gasteiger partial charge is 0.465 e. The maximum Gasteiger partial charge on any atom is 0.194 e. The summed E-state index contributed by atoms with van der Waals surface area (Å²) in [6.07, 6.45) is -0.901. The van der Waals surface area contributed by atoms with E-state index in [1.807, 2.05) is 18.2 Å². The Kier molecular flexibility index (Phi) is 6.64. The standard InChI is InChI=1S/C8H10O2.C2H5NO.H3N/c1-7(9)10-8-5-3-2-4-6-8;4-2-1-3-2;/h2-7,9H,1H3;2-4H,1H2;1H3. The molecular weight excluding hydrogens is 196 g/mol. The van der Waals surface area contributed by atoms with Gasteiger partial charge in [-0.1, -0.05) is 18.2 Å². The highest BCUT2D eigenvalue weighted by Gasteiger charge is 2.13. The van der Waals surface area contributed by atoms with Crippen molar-refractivity contribution in [1.29, 1.82) is 0 Å². The molecule has 86 valence electrons. The maximum absolute atomic E-state index is 8.78. The van der Waals surface area contributed by atoms with Crippen LogP contribution in [0.25, 0.3) is 0 Å². The molecule has 1 saturated heterocycles. The van der Waals surface area contributed by atoms with Crippen LogP contribution in [0.4, 0.5) is 0 Å². The van der Waals surface area contributed by atoms with Crippen molar-refractivity contribution in [2.75, 3.05) is 6.54 Å². The van der Waals surface area contributed by atoms with Crippen LogP contribution in [0.1, 0.15) is 6.92 Å². The topological polar surface area (TPSA) is 107 Å². The number of hydrogen-bond donors (Lipinski definition) is 4. The minimum Gasteiger partial charge on any atom is -0.465 e. The van der Waals surface area contributed by atoms with Crippen LogP contribution in [-0.4, -0.2) is 29.3 Å². The molecule has 1 aliphatic heterocycles. The first kappa shape index (κ1) is 13.9. The summed E-state index contributed by atoms with van der Waals surface area (Å²) in [5.41, 5.74) is 0. The molecule has 0 radical (unpaired) electrons. The highest BCUT2D eigenvalue weighted by Crippen LogP contribution is 2.09. The van der Waals surface area contributed by atoms with Crippen LogP contribution in [0.5, 0.6) is 5.75 Å². The Hall–Kier alpha value is -1.14. The molecule has 1 fully saturated rings. The molecule has 0 saturated carbocycles. The molecule has 5 heteroatoms. The second-order valence-corrected chi connectivity index (χ2v) is 2.95. The molecule has 6 N–H and O–H groups in total. The number of aliphatic hydroxyl groups is 2. The van der Waals surface area contributed by atoms with E-state index in [4.69, 9.17) is 14.9 Å². The molecule has 0 aromatic heterocycles. The van der Waals surface area contributed by atoms with E-state index in [9.17, 15) is 0 Å². The molecule has 2 rings (SSSR count). The summed E-state index contributed by atoms with van der Waals surface area (Å²) in [5, 5.41) is 19.5. The van der Waals surface area contributed by atoms with Crippen molar-refractivity contribution < 1.29 is 14.9 Å². The van der Waals surface area contributed by atoms with Crippen molar-refractivity contribution in [2.24, 2.45) is 0 Å². The molecule has 1 aromatic rings. The third kappa shape index (κ3) is 7.90. The molecule has 5 nitrogen and oxygen atoms in total. The fourth-order valence-electron chi connectivity index (χ4n) is 0.749. The van der Waals surface area contributed by atoms with Gasteiger partial charge in [-0.15, -0.1) is 0 Å². The van der Waals surface area contributed by atoms with Gasteiger partial charge in [-0.25, -0.2) is 0 Å². The average molecular weight is 214 g/mol. The van der Waals surface area contributed by atoms with Gasteiger partial charge in [0, 0.05) is 6.54 Å². The first-order valence-electron chi connectivity index (χ1n) is 4.49. The van der Waals surface area contributed by atoms with E-state index in [1.165, 1.54) is 0 Å². The lowest BCUT2D eigenvalue weighted by atomic mass is 10.3. The predicted octanol–water partition coefficient (Wildman–Crippen LogP) is 0.474. The van der Waals surface area contributed by atoms with E-state index in [0.717, 1.165) is 6.54 Å². The highest BCUT2D eigenvalue weighted by molar-refractivity contribution is 5.20. The Morgan fingerprint density at radius 1 is 1.40 bits per heavy atom. The molecule has 1 aliphatic rings. The molecular formula is C10H18N2O3. The van der Waals surface area contributed by atoms with Gasteiger partial charge in [0.15, 0.2) is 6.29 Å². The van der Waals surface area contributed by atoms with Gasteiger partial charge in [-0.3, -0.25) is 5.32 Å². The first-order valence-corrected chi connectivity index (χ1v) is 4.49. The molecule has 15 heavy (non-hydrogen) atoms. The molecule has 2 unspecified atom stereocenters. The normalized spacial score (nSPS) is 19.0. The number of aliphatic hydroxyl groups excluding tert-OH is 2. The molecule has 0 aliphatic carbocycles. The zero-order chi connectivity index (χ0) is 10.4. The Balaban J connectivity index is 0.000000331. The summed E-state index contributed by atoms with van der Waals surface area (Å²) >= 11 is 0. The van der Waals surface area contributed by atoms with Gasteiger partial charge in [0.05, 0.1) is 0 Å². The maximum atomic E-state index is 8.78. The zero-order valence-corrected chi connectivity index (χ0v) is 8.76. The number of rotatable bonds is 2. The summed E-state index contributed by atoms with van der Waals surface area (Å²) in [5.74, 6) is 0.692. The second kappa shape index (κ2) is 7.19. The number of para-hydroxylation sites is 1. The van der Waals surface area contributed by atoms with Crippen LogP contribution >= 0.6 is 0 Å². The van der Waals surface area contributed by atoms with Gasteiger partial charge >= 0.3 is 0 Å². The van der Waals surface area contributed by atoms with Crippen LogP contribution in [-0.2, 0) is 0 Å². The van der Waals surface area contributed by atoms with Crippen molar-refractivity contribution in [3.63, 3.8) is 0 Å². The van der Waals surface area contributed by atoms with Crippen LogP contribution in [0.3, 0.4) is 0 Å². The summed E-state index contributed by atoms with van der Waals surface area (Å²) < 4.78 is 4.97. The van der Waals surface area contributed by atoms with E-state index in [2.05, 4.69) is 5.32 Å². The van der Waals surface area contributed by atoms with Crippen molar-refractivity contribution in [1.82, 2.24) is 11.5 Å². The van der Waals surface area contributed by atoms with Crippen LogP contribution < -0.4 is 16.2 Å². The smallest absolute Gasteiger partial charge is 0.194 e. The Bertz CT molecular complexity index is 250. The van der Waals surface area contributed by atoms with Crippen molar-refractivity contribution in [3.05, 3.63) is 30.3 Å². The molecule has 2 atom stereocenters. The van der Waals surface area contributed by atoms with Crippen LogP contribution in [0.2, 0.25) is 0 Å².